The Morgan fingerprint density at radius 3 is 2.56 bits per heavy atom. The van der Waals surface area contributed by atoms with Crippen LogP contribution in [-0.2, 0) is 4.79 Å². The minimum absolute atomic E-state index is 0.413. The molecule has 0 radical (unpaired) electrons. The molecule has 1 amide bonds. The summed E-state index contributed by atoms with van der Waals surface area (Å²) in [5.74, 6) is -0.413. The third-order valence-electron chi connectivity index (χ3n) is 1.77. The van der Waals surface area contributed by atoms with Gasteiger partial charge in [-0.05, 0) is 31.4 Å². The van der Waals surface area contributed by atoms with E-state index in [2.05, 4.69) is 6.58 Å². The third-order valence-corrected chi connectivity index (χ3v) is 1.77. The molecule has 0 fully saturated rings. The highest BCUT2D eigenvalue weighted by molar-refractivity contribution is 5.85. The Kier molecular flexibility index (Phi) is 8.60. The molecule has 0 bridgehead atoms. The SMILES string of the molecule is C=CCC(/C=C/C/C=C/C(N)=O)=C\C=C/C. The van der Waals surface area contributed by atoms with E-state index in [0.717, 1.165) is 6.42 Å². The van der Waals surface area contributed by atoms with Crippen molar-refractivity contribution in [3.05, 3.63) is 60.8 Å². The second-order valence-corrected chi connectivity index (χ2v) is 3.20. The monoisotopic (exact) mass is 217 g/mol. The second kappa shape index (κ2) is 9.71. The first-order chi connectivity index (χ1) is 7.70. The summed E-state index contributed by atoms with van der Waals surface area (Å²) in [6, 6.07) is 0. The van der Waals surface area contributed by atoms with Gasteiger partial charge in [0.1, 0.15) is 0 Å². The summed E-state index contributed by atoms with van der Waals surface area (Å²) in [6.45, 7) is 5.68. The van der Waals surface area contributed by atoms with Crippen molar-refractivity contribution in [2.24, 2.45) is 5.73 Å². The molecule has 16 heavy (non-hydrogen) atoms. The molecule has 0 heterocycles. The molecular weight excluding hydrogens is 198 g/mol. The number of carbonyl (C=O) groups excluding carboxylic acids is 1. The maximum Gasteiger partial charge on any atom is 0.241 e. The molecule has 2 N–H and O–H groups in total. The van der Waals surface area contributed by atoms with E-state index in [-0.39, 0.29) is 0 Å². The molecule has 0 aromatic carbocycles. The standard InChI is InChI=1S/C14H19NO/c1-3-5-10-13(9-4-2)11-7-6-8-12-14(15)16/h3-5,7-8,10-12H,2,6,9H2,1H3,(H2,15,16)/b5-3-,11-7+,12-8+,13-10+. The first-order valence-corrected chi connectivity index (χ1v) is 5.26. The molecule has 0 aromatic rings. The number of allylic oxidation sites excluding steroid dienone is 8. The maximum absolute atomic E-state index is 10.4. The summed E-state index contributed by atoms with van der Waals surface area (Å²) in [4.78, 5) is 10.4. The minimum atomic E-state index is -0.413. The largest absolute Gasteiger partial charge is 0.366 e. The fourth-order valence-electron chi connectivity index (χ4n) is 1.06. The van der Waals surface area contributed by atoms with Crippen molar-refractivity contribution >= 4 is 5.91 Å². The Morgan fingerprint density at radius 1 is 1.31 bits per heavy atom. The number of hydrogen-bond acceptors (Lipinski definition) is 1. The summed E-state index contributed by atoms with van der Waals surface area (Å²) >= 11 is 0. The summed E-state index contributed by atoms with van der Waals surface area (Å²) in [7, 11) is 0. The molecular formula is C14H19NO. The van der Waals surface area contributed by atoms with Gasteiger partial charge in [0.05, 0.1) is 0 Å². The van der Waals surface area contributed by atoms with E-state index >= 15 is 0 Å². The lowest BCUT2D eigenvalue weighted by atomic mass is 10.1. The lowest BCUT2D eigenvalue weighted by Crippen LogP contribution is -2.05. The van der Waals surface area contributed by atoms with E-state index in [1.54, 1.807) is 6.08 Å². The van der Waals surface area contributed by atoms with E-state index in [1.165, 1.54) is 11.6 Å². The van der Waals surface area contributed by atoms with Crippen molar-refractivity contribution < 1.29 is 4.79 Å². The first-order valence-electron chi connectivity index (χ1n) is 5.26. The van der Waals surface area contributed by atoms with Crippen LogP contribution in [-0.4, -0.2) is 5.91 Å². The molecule has 0 aliphatic rings. The van der Waals surface area contributed by atoms with Crippen molar-refractivity contribution in [3.63, 3.8) is 0 Å². The molecule has 0 aromatic heterocycles. The number of hydrogen-bond donors (Lipinski definition) is 1. The van der Waals surface area contributed by atoms with Gasteiger partial charge in [0.15, 0.2) is 0 Å². The van der Waals surface area contributed by atoms with Crippen LogP contribution in [0, 0.1) is 0 Å². The number of rotatable bonds is 7. The predicted octanol–water partition coefficient (Wildman–Crippen LogP) is 3.05. The summed E-state index contributed by atoms with van der Waals surface area (Å²) in [5, 5.41) is 0. The average Bonchev–Trinajstić information content (AvgIpc) is 2.24. The van der Waals surface area contributed by atoms with Crippen LogP contribution in [0.5, 0.6) is 0 Å². The summed E-state index contributed by atoms with van der Waals surface area (Å²) in [5.41, 5.74) is 6.15. The van der Waals surface area contributed by atoms with E-state index in [4.69, 9.17) is 5.73 Å². The Morgan fingerprint density at radius 2 is 2.00 bits per heavy atom. The van der Waals surface area contributed by atoms with Crippen LogP contribution < -0.4 is 5.73 Å². The molecule has 0 saturated heterocycles. The van der Waals surface area contributed by atoms with Crippen LogP contribution in [0.2, 0.25) is 0 Å². The molecule has 0 spiro atoms. The molecule has 0 saturated carbocycles. The molecule has 0 unspecified atom stereocenters. The van der Waals surface area contributed by atoms with Crippen LogP contribution >= 0.6 is 0 Å². The number of amides is 1. The highest BCUT2D eigenvalue weighted by atomic mass is 16.1. The molecule has 2 nitrogen and oxygen atoms in total. The van der Waals surface area contributed by atoms with Gasteiger partial charge in [-0.2, -0.15) is 0 Å². The van der Waals surface area contributed by atoms with Crippen molar-refractivity contribution in [1.29, 1.82) is 0 Å². The Labute approximate surface area is 97.5 Å². The van der Waals surface area contributed by atoms with Gasteiger partial charge in [-0.1, -0.05) is 42.5 Å². The van der Waals surface area contributed by atoms with Gasteiger partial charge < -0.3 is 5.73 Å². The van der Waals surface area contributed by atoms with Gasteiger partial charge in [0.2, 0.25) is 5.91 Å². The average molecular weight is 217 g/mol. The zero-order valence-corrected chi connectivity index (χ0v) is 9.73. The lowest BCUT2D eigenvalue weighted by molar-refractivity contribution is -0.113. The minimum Gasteiger partial charge on any atom is -0.366 e. The van der Waals surface area contributed by atoms with Gasteiger partial charge in [-0.3, -0.25) is 4.79 Å². The maximum atomic E-state index is 10.4. The summed E-state index contributed by atoms with van der Waals surface area (Å²) < 4.78 is 0. The van der Waals surface area contributed by atoms with Crippen molar-refractivity contribution in [2.45, 2.75) is 19.8 Å². The van der Waals surface area contributed by atoms with Gasteiger partial charge in [-0.25, -0.2) is 0 Å². The highest BCUT2D eigenvalue weighted by Gasteiger charge is 1.86. The first kappa shape index (κ1) is 14.2. The lowest BCUT2D eigenvalue weighted by Gasteiger charge is -1.94. The van der Waals surface area contributed by atoms with E-state index in [9.17, 15) is 4.79 Å². The van der Waals surface area contributed by atoms with Crippen LogP contribution in [0.1, 0.15) is 19.8 Å². The molecule has 0 atom stereocenters. The zero-order valence-electron chi connectivity index (χ0n) is 9.73. The molecule has 0 aliphatic carbocycles. The number of primary amides is 1. The quantitative estimate of drug-likeness (QED) is 0.397. The topological polar surface area (TPSA) is 43.1 Å². The number of carbonyl (C=O) groups is 1. The van der Waals surface area contributed by atoms with Gasteiger partial charge in [-0.15, -0.1) is 6.58 Å². The Bertz CT molecular complexity index is 333. The van der Waals surface area contributed by atoms with Gasteiger partial charge >= 0.3 is 0 Å². The van der Waals surface area contributed by atoms with E-state index in [0.29, 0.717) is 6.42 Å². The van der Waals surface area contributed by atoms with Crippen LogP contribution in [0.4, 0.5) is 0 Å². The number of nitrogens with two attached hydrogens (primary N) is 1. The van der Waals surface area contributed by atoms with Crippen LogP contribution in [0.25, 0.3) is 0 Å². The van der Waals surface area contributed by atoms with Gasteiger partial charge in [0.25, 0.3) is 0 Å². The second-order valence-electron chi connectivity index (χ2n) is 3.20. The molecule has 0 aliphatic heterocycles. The molecule has 0 rings (SSSR count). The van der Waals surface area contributed by atoms with Crippen molar-refractivity contribution in [3.8, 4) is 0 Å². The third kappa shape index (κ3) is 8.75. The normalized spacial score (nSPS) is 12.9. The smallest absolute Gasteiger partial charge is 0.241 e. The predicted molar refractivity (Wildman–Crippen MR) is 69.8 cm³/mol. The highest BCUT2D eigenvalue weighted by Crippen LogP contribution is 2.05. The summed E-state index contributed by atoms with van der Waals surface area (Å²) in [6.07, 6.45) is 16.5. The zero-order chi connectivity index (χ0) is 12.2. The Hall–Kier alpha value is -1.83. The fraction of sp³-hybridized carbons (Fsp3) is 0.214. The van der Waals surface area contributed by atoms with Crippen molar-refractivity contribution in [1.82, 2.24) is 0 Å². The van der Waals surface area contributed by atoms with E-state index < -0.39 is 5.91 Å². The van der Waals surface area contributed by atoms with Crippen LogP contribution in [0.15, 0.2) is 60.8 Å². The molecule has 2 heteroatoms. The molecule has 86 valence electrons. The fourth-order valence-corrected chi connectivity index (χ4v) is 1.06. The van der Waals surface area contributed by atoms with Gasteiger partial charge in [0, 0.05) is 0 Å². The Balaban J connectivity index is 4.23. The van der Waals surface area contributed by atoms with Crippen LogP contribution in [0.3, 0.4) is 0 Å². The van der Waals surface area contributed by atoms with E-state index in [1.807, 2.05) is 43.4 Å². The van der Waals surface area contributed by atoms with Crippen molar-refractivity contribution in [2.75, 3.05) is 0 Å².